The van der Waals surface area contributed by atoms with Crippen molar-refractivity contribution in [2.75, 3.05) is 13.2 Å². The van der Waals surface area contributed by atoms with Gasteiger partial charge in [-0.3, -0.25) is 4.79 Å². The lowest BCUT2D eigenvalue weighted by molar-refractivity contribution is -0.129. The fraction of sp³-hybridized carbons (Fsp3) is 0.471. The molecule has 0 spiro atoms. The van der Waals surface area contributed by atoms with Gasteiger partial charge >= 0.3 is 0 Å². The summed E-state index contributed by atoms with van der Waals surface area (Å²) in [5.41, 5.74) is 0.859. The molecule has 9 heteroatoms. The molecule has 0 radical (unpaired) electrons. The first-order chi connectivity index (χ1) is 12.1. The van der Waals surface area contributed by atoms with Gasteiger partial charge in [-0.25, -0.2) is 0 Å². The van der Waals surface area contributed by atoms with Crippen LogP contribution in [0.2, 0.25) is 0 Å². The second-order valence-electron chi connectivity index (χ2n) is 6.30. The summed E-state index contributed by atoms with van der Waals surface area (Å²) in [6, 6.07) is 5.36. The minimum absolute atomic E-state index is 0.148. The number of fused-ring (bicyclic) bond motifs is 1. The zero-order chi connectivity index (χ0) is 19.5. The largest absolute Gasteiger partial charge is 0.506 e. The molecule has 1 aliphatic rings. The van der Waals surface area contributed by atoms with E-state index < -0.39 is 42.0 Å². The van der Waals surface area contributed by atoms with E-state index in [0.29, 0.717) is 17.9 Å². The Balaban J connectivity index is 1.89. The molecule has 0 aliphatic carbocycles. The Hall–Kier alpha value is -2.49. The predicted molar refractivity (Wildman–Crippen MR) is 89.9 cm³/mol. The van der Waals surface area contributed by atoms with Crippen molar-refractivity contribution in [2.24, 2.45) is 0 Å². The quantitative estimate of drug-likeness (QED) is 0.365. The minimum atomic E-state index is -2.06. The fourth-order valence-corrected chi connectivity index (χ4v) is 2.37. The number of carbonyl (C=O) groups excluding carboxylic acids is 1. The first kappa shape index (κ1) is 19.8. The molecule has 0 saturated carbocycles. The van der Waals surface area contributed by atoms with Crippen molar-refractivity contribution in [3.05, 3.63) is 35.3 Å². The number of hydrogen-bond acceptors (Lipinski definition) is 8. The van der Waals surface area contributed by atoms with Crippen LogP contribution < -0.4 is 14.8 Å². The number of hydrogen-bond donors (Lipinski definition) is 6. The molecule has 0 aromatic heterocycles. The number of nitrogens with one attached hydrogen (secondary N) is 1. The van der Waals surface area contributed by atoms with Crippen molar-refractivity contribution in [1.29, 1.82) is 0 Å². The van der Waals surface area contributed by atoms with Gasteiger partial charge in [-0.1, -0.05) is 6.07 Å². The maximum Gasteiger partial charge on any atom is 0.256 e. The molecule has 1 heterocycles. The highest BCUT2D eigenvalue weighted by molar-refractivity contribution is 5.83. The van der Waals surface area contributed by atoms with Gasteiger partial charge in [-0.2, -0.15) is 0 Å². The Morgan fingerprint density at radius 1 is 1.15 bits per heavy atom. The van der Waals surface area contributed by atoms with Gasteiger partial charge in [0.1, 0.15) is 6.10 Å². The summed E-state index contributed by atoms with van der Waals surface area (Å²) < 4.78 is 11.2. The minimum Gasteiger partial charge on any atom is -0.506 e. The smallest absolute Gasteiger partial charge is 0.256 e. The first-order valence-corrected chi connectivity index (χ1v) is 8.02. The zero-order valence-corrected chi connectivity index (χ0v) is 14.5. The van der Waals surface area contributed by atoms with Gasteiger partial charge in [0, 0.05) is 20.4 Å². The van der Waals surface area contributed by atoms with Crippen LogP contribution in [0.15, 0.2) is 29.7 Å². The molecule has 26 heavy (non-hydrogen) atoms. The number of ether oxygens (including phenoxy) is 2. The number of aliphatic hydroxyl groups excluding tert-OH is 5. The maximum atomic E-state index is 11.8. The van der Waals surface area contributed by atoms with Gasteiger partial charge in [0.25, 0.3) is 5.91 Å². The number of amides is 1. The molecule has 1 aliphatic heterocycles. The van der Waals surface area contributed by atoms with Gasteiger partial charge in [-0.05, 0) is 24.1 Å². The highest BCUT2D eigenvalue weighted by Crippen LogP contribution is 2.39. The maximum absolute atomic E-state index is 11.8. The van der Waals surface area contributed by atoms with Crippen LogP contribution in [-0.2, 0) is 11.2 Å². The molecule has 0 saturated heterocycles. The molecule has 0 fully saturated rings. The van der Waals surface area contributed by atoms with Crippen LogP contribution in [0.4, 0.5) is 0 Å². The van der Waals surface area contributed by atoms with Gasteiger partial charge in [0.2, 0.25) is 5.79 Å². The monoisotopic (exact) mass is 369 g/mol. The molecule has 1 aromatic carbocycles. The summed E-state index contributed by atoms with van der Waals surface area (Å²) >= 11 is 0. The van der Waals surface area contributed by atoms with Crippen LogP contribution in [-0.4, -0.2) is 62.6 Å². The van der Waals surface area contributed by atoms with Crippen molar-refractivity contribution in [3.63, 3.8) is 0 Å². The summed E-state index contributed by atoms with van der Waals surface area (Å²) in [5.74, 6) is -2.64. The average molecular weight is 369 g/mol. The third-order valence-corrected chi connectivity index (χ3v) is 3.69. The molecule has 2 atom stereocenters. The summed E-state index contributed by atoms with van der Waals surface area (Å²) in [7, 11) is 0. The molecule has 1 aromatic rings. The van der Waals surface area contributed by atoms with Crippen molar-refractivity contribution < 1.29 is 39.8 Å². The summed E-state index contributed by atoms with van der Waals surface area (Å²) in [6.07, 6.45) is -3.42. The van der Waals surface area contributed by atoms with E-state index in [0.717, 1.165) is 5.56 Å². The third kappa shape index (κ3) is 4.57. The topological polar surface area (TPSA) is 149 Å². The van der Waals surface area contributed by atoms with Gasteiger partial charge in [0.15, 0.2) is 29.1 Å². The van der Waals surface area contributed by atoms with E-state index in [2.05, 4.69) is 5.32 Å². The van der Waals surface area contributed by atoms with E-state index in [-0.39, 0.29) is 6.54 Å². The van der Waals surface area contributed by atoms with Crippen LogP contribution in [0.1, 0.15) is 19.4 Å². The predicted octanol–water partition coefficient (Wildman–Crippen LogP) is -0.106. The molecule has 2 rings (SSSR count). The van der Waals surface area contributed by atoms with Crippen molar-refractivity contribution in [2.45, 2.75) is 38.3 Å². The Morgan fingerprint density at radius 3 is 2.46 bits per heavy atom. The second-order valence-corrected chi connectivity index (χ2v) is 6.30. The molecule has 1 amide bonds. The van der Waals surface area contributed by atoms with E-state index in [1.807, 2.05) is 6.07 Å². The van der Waals surface area contributed by atoms with Gasteiger partial charge < -0.3 is 40.3 Å². The lowest BCUT2D eigenvalue weighted by Gasteiger charge is -2.16. The Morgan fingerprint density at radius 2 is 1.81 bits per heavy atom. The Kier molecular flexibility index (Phi) is 5.96. The van der Waals surface area contributed by atoms with Crippen LogP contribution in [0.25, 0.3) is 0 Å². The highest BCUT2D eigenvalue weighted by atomic mass is 16.7. The van der Waals surface area contributed by atoms with Crippen molar-refractivity contribution in [1.82, 2.24) is 5.32 Å². The highest BCUT2D eigenvalue weighted by Gasteiger charge is 2.31. The normalized spacial score (nSPS) is 18.0. The molecule has 0 bridgehead atoms. The lowest BCUT2D eigenvalue weighted by Crippen LogP contribution is -2.38. The van der Waals surface area contributed by atoms with E-state index in [4.69, 9.17) is 14.6 Å². The van der Waals surface area contributed by atoms with Crippen LogP contribution in [0.3, 0.4) is 0 Å². The van der Waals surface area contributed by atoms with E-state index in [9.17, 15) is 25.2 Å². The van der Waals surface area contributed by atoms with Crippen LogP contribution in [0.5, 0.6) is 11.5 Å². The summed E-state index contributed by atoms with van der Waals surface area (Å²) in [5, 5.41) is 48.9. The van der Waals surface area contributed by atoms with E-state index >= 15 is 0 Å². The average Bonchev–Trinajstić information content (AvgIpc) is 2.91. The van der Waals surface area contributed by atoms with Crippen LogP contribution >= 0.6 is 0 Å². The lowest BCUT2D eigenvalue weighted by atomic mass is 10.1. The van der Waals surface area contributed by atoms with Gasteiger partial charge in [-0.15, -0.1) is 0 Å². The Labute approximate surface area is 150 Å². The summed E-state index contributed by atoms with van der Waals surface area (Å²) in [4.78, 5) is 11.8. The second kappa shape index (κ2) is 7.81. The van der Waals surface area contributed by atoms with E-state index in [1.54, 1.807) is 26.0 Å². The SMILES string of the molecule is CC1(C)Oc2ccc(CCNC(=O)C(O)/C(O)=C(\O)C(O)CO)cc2O1. The number of aliphatic hydroxyl groups is 5. The van der Waals surface area contributed by atoms with E-state index in [1.165, 1.54) is 0 Å². The number of benzene rings is 1. The fourth-order valence-electron chi connectivity index (χ4n) is 2.37. The molecular weight excluding hydrogens is 346 g/mol. The van der Waals surface area contributed by atoms with Crippen molar-refractivity contribution in [3.8, 4) is 11.5 Å². The standard InChI is InChI=1S/C17H23NO8/c1-17(2)25-11-4-3-9(7-12(11)26-17)5-6-18-16(24)15(23)14(22)13(21)10(20)8-19/h3-4,7,10,15,19-23H,5-6,8H2,1-2H3,(H,18,24)/b14-13+. The van der Waals surface area contributed by atoms with Gasteiger partial charge in [0.05, 0.1) is 6.61 Å². The molecule has 144 valence electrons. The Bertz CT molecular complexity index is 700. The van der Waals surface area contributed by atoms with Crippen molar-refractivity contribution >= 4 is 5.91 Å². The van der Waals surface area contributed by atoms with Crippen LogP contribution in [0, 0.1) is 0 Å². The first-order valence-electron chi connectivity index (χ1n) is 8.02. The molecule has 9 nitrogen and oxygen atoms in total. The zero-order valence-electron chi connectivity index (χ0n) is 14.5. The molecule has 6 N–H and O–H groups in total. The number of rotatable bonds is 7. The molecule has 2 unspecified atom stereocenters. The third-order valence-electron chi connectivity index (χ3n) is 3.69. The molecular formula is C17H23NO8. The number of carbonyl (C=O) groups is 1. The summed E-state index contributed by atoms with van der Waals surface area (Å²) in [6.45, 7) is 2.86.